The Morgan fingerprint density at radius 2 is 2.00 bits per heavy atom. The average molecular weight is 144 g/mol. The van der Waals surface area contributed by atoms with Gasteiger partial charge in [0.05, 0.1) is 0 Å². The van der Waals surface area contributed by atoms with Crippen molar-refractivity contribution >= 4 is 6.16 Å². The van der Waals surface area contributed by atoms with Crippen molar-refractivity contribution in [1.82, 2.24) is 0 Å². The van der Waals surface area contributed by atoms with E-state index in [2.05, 4.69) is 12.8 Å². The summed E-state index contributed by atoms with van der Waals surface area (Å²) in [6, 6.07) is 0. The average Bonchev–Trinajstić information content (AvgIpc) is 1.85. The van der Waals surface area contributed by atoms with Crippen molar-refractivity contribution < 1.29 is 15.0 Å². The minimum absolute atomic E-state index is 0.463. The van der Waals surface area contributed by atoms with Crippen LogP contribution in [0.5, 0.6) is 0 Å². The fourth-order valence-electron chi connectivity index (χ4n) is 0.118. The topological polar surface area (TPSA) is 57.5 Å². The van der Waals surface area contributed by atoms with Crippen LogP contribution in [0.25, 0.3) is 0 Å². The maximum absolute atomic E-state index is 8.56. The largest absolute Gasteiger partial charge is 0.503 e. The monoisotopic (exact) mass is 144 g/mol. The number of carboxylic acid groups (broad SMARTS) is 2. The van der Waals surface area contributed by atoms with Gasteiger partial charge in [0.25, 0.3) is 0 Å². The lowest BCUT2D eigenvalue weighted by atomic mass is 10.1. The molecule has 0 amide bonds. The van der Waals surface area contributed by atoms with Crippen molar-refractivity contribution in [2.75, 3.05) is 0 Å². The van der Waals surface area contributed by atoms with Gasteiger partial charge in [0.15, 0.2) is 0 Å². The molecule has 0 rings (SSSR count). The molecule has 0 aliphatic rings. The Hall–Kier alpha value is -1.17. The molecule has 3 heteroatoms. The second-order valence-electron chi connectivity index (χ2n) is 1.76. The number of hydrogen-bond donors (Lipinski definition) is 2. The Morgan fingerprint density at radius 3 is 2.00 bits per heavy atom. The van der Waals surface area contributed by atoms with Crippen molar-refractivity contribution in [3.63, 3.8) is 0 Å². The highest BCUT2D eigenvalue weighted by Crippen LogP contribution is 1.94. The Morgan fingerprint density at radius 1 is 1.70 bits per heavy atom. The van der Waals surface area contributed by atoms with Gasteiger partial charge in [-0.2, -0.15) is 0 Å². The van der Waals surface area contributed by atoms with E-state index in [1.165, 1.54) is 0 Å². The van der Waals surface area contributed by atoms with Crippen LogP contribution in [0.3, 0.4) is 0 Å². The highest BCUT2D eigenvalue weighted by Gasteiger charge is 1.84. The summed E-state index contributed by atoms with van der Waals surface area (Å²) < 4.78 is 0. The summed E-state index contributed by atoms with van der Waals surface area (Å²) in [7, 11) is 0. The van der Waals surface area contributed by atoms with Gasteiger partial charge in [-0.05, 0) is 6.42 Å². The number of rotatable bonds is 1. The van der Waals surface area contributed by atoms with Crippen LogP contribution in [0.2, 0.25) is 0 Å². The number of terminal acetylenes is 1. The summed E-state index contributed by atoms with van der Waals surface area (Å²) in [5, 5.41) is 13.9. The quantitative estimate of drug-likeness (QED) is 0.552. The molecule has 3 nitrogen and oxygen atoms in total. The van der Waals surface area contributed by atoms with Gasteiger partial charge in [0.1, 0.15) is 0 Å². The first-order valence-electron chi connectivity index (χ1n) is 2.92. The molecule has 0 heterocycles. The Labute approximate surface area is 60.7 Å². The highest BCUT2D eigenvalue weighted by atomic mass is 16.6. The van der Waals surface area contributed by atoms with Crippen LogP contribution >= 0.6 is 0 Å². The predicted octanol–water partition coefficient (Wildman–Crippen LogP) is 1.89. The summed E-state index contributed by atoms with van der Waals surface area (Å²) in [6.07, 6.45) is 4.29. The Kier molecular flexibility index (Phi) is 9.09. The Balaban J connectivity index is 0. The van der Waals surface area contributed by atoms with Crippen LogP contribution in [-0.4, -0.2) is 16.4 Å². The first-order valence-corrected chi connectivity index (χ1v) is 2.92. The molecule has 0 aromatic carbocycles. The molecule has 0 radical (unpaired) electrons. The molecule has 1 unspecified atom stereocenters. The third-order valence-electron chi connectivity index (χ3n) is 0.897. The van der Waals surface area contributed by atoms with E-state index in [-0.39, 0.29) is 0 Å². The summed E-state index contributed by atoms with van der Waals surface area (Å²) in [6.45, 7) is 4.13. The van der Waals surface area contributed by atoms with Gasteiger partial charge in [0, 0.05) is 5.92 Å². The summed E-state index contributed by atoms with van der Waals surface area (Å²) in [4.78, 5) is 8.56. The smallest absolute Gasteiger partial charge is 0.450 e. The van der Waals surface area contributed by atoms with Gasteiger partial charge >= 0.3 is 6.16 Å². The van der Waals surface area contributed by atoms with Gasteiger partial charge < -0.3 is 10.2 Å². The molecular formula is C7H12O3. The lowest BCUT2D eigenvalue weighted by molar-refractivity contribution is 0.137. The standard InChI is InChI=1S/C6H10.CH2O3/c1-4-6(3)5-2;2-1(3)4/h1,6H,5H2,2-3H3;(H2,2,3,4). The minimum atomic E-state index is -1.83. The lowest BCUT2D eigenvalue weighted by Gasteiger charge is -1.90. The number of carbonyl (C=O) groups is 1. The van der Waals surface area contributed by atoms with Gasteiger partial charge in [-0.1, -0.05) is 13.8 Å². The zero-order chi connectivity index (χ0) is 8.57. The van der Waals surface area contributed by atoms with Crippen LogP contribution in [0.4, 0.5) is 4.79 Å². The second-order valence-corrected chi connectivity index (χ2v) is 1.76. The van der Waals surface area contributed by atoms with Gasteiger partial charge in [-0.15, -0.1) is 12.3 Å². The van der Waals surface area contributed by atoms with E-state index in [1.807, 2.05) is 6.92 Å². The molecule has 58 valence electrons. The highest BCUT2D eigenvalue weighted by molar-refractivity contribution is 5.53. The predicted molar refractivity (Wildman–Crippen MR) is 38.9 cm³/mol. The molecule has 0 saturated heterocycles. The Bertz CT molecular complexity index is 119. The van der Waals surface area contributed by atoms with Crippen molar-refractivity contribution in [3.05, 3.63) is 0 Å². The summed E-state index contributed by atoms with van der Waals surface area (Å²) in [5.74, 6) is 3.08. The molecule has 0 aliphatic heterocycles. The van der Waals surface area contributed by atoms with Crippen molar-refractivity contribution in [2.45, 2.75) is 20.3 Å². The van der Waals surface area contributed by atoms with Crippen LogP contribution in [0.1, 0.15) is 20.3 Å². The normalized spacial score (nSPS) is 10.1. The number of hydrogen-bond acceptors (Lipinski definition) is 1. The van der Waals surface area contributed by atoms with E-state index in [4.69, 9.17) is 21.4 Å². The van der Waals surface area contributed by atoms with Crippen molar-refractivity contribution in [3.8, 4) is 12.3 Å². The van der Waals surface area contributed by atoms with E-state index in [0.29, 0.717) is 5.92 Å². The minimum Gasteiger partial charge on any atom is -0.450 e. The zero-order valence-electron chi connectivity index (χ0n) is 6.16. The van der Waals surface area contributed by atoms with E-state index < -0.39 is 6.16 Å². The van der Waals surface area contributed by atoms with Crippen LogP contribution in [0.15, 0.2) is 0 Å². The molecule has 1 atom stereocenters. The molecule has 0 aliphatic carbocycles. The second kappa shape index (κ2) is 7.83. The maximum atomic E-state index is 8.56. The van der Waals surface area contributed by atoms with Crippen molar-refractivity contribution in [1.29, 1.82) is 0 Å². The molecule has 0 aromatic rings. The van der Waals surface area contributed by atoms with Gasteiger partial charge in [-0.25, -0.2) is 4.79 Å². The van der Waals surface area contributed by atoms with E-state index in [9.17, 15) is 0 Å². The fourth-order valence-corrected chi connectivity index (χ4v) is 0.118. The fraction of sp³-hybridized carbons (Fsp3) is 0.571. The van der Waals surface area contributed by atoms with Crippen molar-refractivity contribution in [2.24, 2.45) is 5.92 Å². The molecule has 0 fully saturated rings. The third kappa shape index (κ3) is 29.0. The van der Waals surface area contributed by atoms with E-state index in [0.717, 1.165) is 6.42 Å². The van der Waals surface area contributed by atoms with Crippen LogP contribution in [0, 0.1) is 18.3 Å². The molecule has 0 bridgehead atoms. The molecule has 0 saturated carbocycles. The van der Waals surface area contributed by atoms with Gasteiger partial charge in [-0.3, -0.25) is 0 Å². The molecule has 10 heavy (non-hydrogen) atoms. The molecular weight excluding hydrogens is 132 g/mol. The SMILES string of the molecule is C#CC(C)CC.O=C(O)O. The lowest BCUT2D eigenvalue weighted by Crippen LogP contribution is -1.81. The van der Waals surface area contributed by atoms with E-state index in [1.54, 1.807) is 0 Å². The van der Waals surface area contributed by atoms with Crippen LogP contribution < -0.4 is 0 Å². The van der Waals surface area contributed by atoms with E-state index >= 15 is 0 Å². The molecule has 2 N–H and O–H groups in total. The summed E-state index contributed by atoms with van der Waals surface area (Å²) >= 11 is 0. The molecule has 0 aromatic heterocycles. The zero-order valence-corrected chi connectivity index (χ0v) is 6.16. The van der Waals surface area contributed by atoms with Gasteiger partial charge in [0.2, 0.25) is 0 Å². The third-order valence-corrected chi connectivity index (χ3v) is 0.897. The molecule has 0 spiro atoms. The first-order chi connectivity index (χ1) is 4.54. The van der Waals surface area contributed by atoms with Crippen LogP contribution in [-0.2, 0) is 0 Å². The maximum Gasteiger partial charge on any atom is 0.503 e. The first kappa shape index (κ1) is 11.6. The summed E-state index contributed by atoms with van der Waals surface area (Å²) in [5.41, 5.74) is 0.